The highest BCUT2D eigenvalue weighted by molar-refractivity contribution is 7.91. The maximum absolute atomic E-state index is 11.5. The molecule has 7 heteroatoms. The quantitative estimate of drug-likeness (QED) is 0.834. The molecule has 1 spiro atoms. The van der Waals surface area contributed by atoms with Crippen LogP contribution in [0.2, 0.25) is 0 Å². The summed E-state index contributed by atoms with van der Waals surface area (Å²) in [5.41, 5.74) is 0.576. The summed E-state index contributed by atoms with van der Waals surface area (Å²) >= 11 is 0. The molecule has 0 aromatic heterocycles. The molecule has 1 N–H and O–H groups in total. The zero-order valence-corrected chi connectivity index (χ0v) is 15.0. The first-order chi connectivity index (χ1) is 9.07. The van der Waals surface area contributed by atoms with Gasteiger partial charge in [0.15, 0.2) is 9.84 Å². The summed E-state index contributed by atoms with van der Waals surface area (Å²) in [6, 6.07) is 0. The second-order valence-electron chi connectivity index (χ2n) is 6.83. The molecule has 1 unspecified atom stereocenters. The van der Waals surface area contributed by atoms with Crippen molar-refractivity contribution < 1.29 is 8.42 Å². The Morgan fingerprint density at radius 1 is 1.14 bits per heavy atom. The van der Waals surface area contributed by atoms with Crippen molar-refractivity contribution in [2.75, 3.05) is 44.2 Å². The SMILES string of the molecule is Cl.Cl.O=S1(=O)CCC(CCN2CCC3(CCNCC3)C2)C1. The van der Waals surface area contributed by atoms with Crippen molar-refractivity contribution >= 4 is 34.7 Å². The van der Waals surface area contributed by atoms with Gasteiger partial charge in [0, 0.05) is 6.54 Å². The molecule has 21 heavy (non-hydrogen) atoms. The molecular weight excluding hydrogens is 331 g/mol. The van der Waals surface area contributed by atoms with Crippen LogP contribution < -0.4 is 5.32 Å². The molecule has 126 valence electrons. The Morgan fingerprint density at radius 2 is 1.86 bits per heavy atom. The van der Waals surface area contributed by atoms with Crippen LogP contribution in [-0.2, 0) is 9.84 Å². The molecule has 0 radical (unpaired) electrons. The van der Waals surface area contributed by atoms with E-state index < -0.39 is 9.84 Å². The van der Waals surface area contributed by atoms with Crippen LogP contribution in [0.25, 0.3) is 0 Å². The minimum atomic E-state index is -2.69. The third-order valence-electron chi connectivity index (χ3n) is 5.36. The number of piperidine rings is 1. The summed E-state index contributed by atoms with van der Waals surface area (Å²) < 4.78 is 22.9. The third-order valence-corrected chi connectivity index (χ3v) is 7.20. The molecule has 3 saturated heterocycles. The van der Waals surface area contributed by atoms with Crippen molar-refractivity contribution in [1.29, 1.82) is 0 Å². The number of nitrogens with zero attached hydrogens (tertiary/aromatic N) is 1. The molecule has 0 amide bonds. The van der Waals surface area contributed by atoms with Gasteiger partial charge in [-0.3, -0.25) is 0 Å². The summed E-state index contributed by atoms with van der Waals surface area (Å²) in [7, 11) is -2.69. The number of hydrogen-bond donors (Lipinski definition) is 1. The van der Waals surface area contributed by atoms with Gasteiger partial charge in [-0.1, -0.05) is 0 Å². The van der Waals surface area contributed by atoms with Gasteiger partial charge < -0.3 is 10.2 Å². The molecule has 3 aliphatic rings. The largest absolute Gasteiger partial charge is 0.317 e. The topological polar surface area (TPSA) is 49.4 Å². The maximum Gasteiger partial charge on any atom is 0.150 e. The van der Waals surface area contributed by atoms with E-state index in [1.807, 2.05) is 0 Å². The van der Waals surface area contributed by atoms with Crippen LogP contribution in [0.5, 0.6) is 0 Å². The number of sulfone groups is 1. The van der Waals surface area contributed by atoms with E-state index in [-0.39, 0.29) is 24.8 Å². The smallest absolute Gasteiger partial charge is 0.150 e. The zero-order chi connectivity index (χ0) is 13.3. The van der Waals surface area contributed by atoms with Gasteiger partial charge in [0.1, 0.15) is 0 Å². The van der Waals surface area contributed by atoms with E-state index in [4.69, 9.17) is 0 Å². The van der Waals surface area contributed by atoms with Gasteiger partial charge in [-0.15, -0.1) is 24.8 Å². The van der Waals surface area contributed by atoms with Crippen LogP contribution in [0.4, 0.5) is 0 Å². The fraction of sp³-hybridized carbons (Fsp3) is 1.00. The number of nitrogens with one attached hydrogen (secondary N) is 1. The van der Waals surface area contributed by atoms with Gasteiger partial charge in [0.25, 0.3) is 0 Å². The van der Waals surface area contributed by atoms with Gasteiger partial charge in [-0.25, -0.2) is 8.42 Å². The van der Waals surface area contributed by atoms with Crippen molar-refractivity contribution in [2.24, 2.45) is 11.3 Å². The van der Waals surface area contributed by atoms with E-state index in [9.17, 15) is 8.42 Å². The van der Waals surface area contributed by atoms with Crippen molar-refractivity contribution in [3.8, 4) is 0 Å². The van der Waals surface area contributed by atoms with Gasteiger partial charge in [-0.2, -0.15) is 0 Å². The summed E-state index contributed by atoms with van der Waals surface area (Å²) in [6.07, 6.45) is 5.96. The third kappa shape index (κ3) is 4.96. The highest BCUT2D eigenvalue weighted by Gasteiger charge is 2.39. The molecule has 3 fully saturated rings. The molecule has 0 aromatic rings. The Balaban J connectivity index is 0.00000110. The molecule has 0 aromatic carbocycles. The predicted molar refractivity (Wildman–Crippen MR) is 91.5 cm³/mol. The second kappa shape index (κ2) is 7.82. The van der Waals surface area contributed by atoms with E-state index >= 15 is 0 Å². The lowest BCUT2D eigenvalue weighted by Crippen LogP contribution is -2.38. The lowest BCUT2D eigenvalue weighted by atomic mass is 9.78. The van der Waals surface area contributed by atoms with Crippen molar-refractivity contribution in [3.63, 3.8) is 0 Å². The lowest BCUT2D eigenvalue weighted by molar-refractivity contribution is 0.193. The Kier molecular flexibility index (Phi) is 7.26. The Labute approximate surface area is 141 Å². The first-order valence-corrected chi connectivity index (χ1v) is 9.53. The van der Waals surface area contributed by atoms with E-state index in [1.54, 1.807) is 0 Å². The standard InChI is InChI=1S/C14H26N2O2S.2ClH/c17-19(18)10-2-13(11-19)1-8-16-9-5-14(12-16)3-6-15-7-4-14;;/h13,15H,1-12H2;2*1H. The Hall–Kier alpha value is 0.450. The van der Waals surface area contributed by atoms with Crippen LogP contribution in [0.1, 0.15) is 32.1 Å². The number of hydrogen-bond acceptors (Lipinski definition) is 4. The maximum atomic E-state index is 11.5. The van der Waals surface area contributed by atoms with Crippen LogP contribution >= 0.6 is 24.8 Å². The van der Waals surface area contributed by atoms with Crippen LogP contribution in [-0.4, -0.2) is 57.5 Å². The molecule has 0 saturated carbocycles. The molecule has 4 nitrogen and oxygen atoms in total. The number of rotatable bonds is 3. The number of likely N-dealkylation sites (tertiary alicyclic amines) is 1. The summed E-state index contributed by atoms with van der Waals surface area (Å²) in [5.74, 6) is 1.29. The Morgan fingerprint density at radius 3 is 2.48 bits per heavy atom. The van der Waals surface area contributed by atoms with E-state index in [0.717, 1.165) is 19.4 Å². The highest BCUT2D eigenvalue weighted by atomic mass is 35.5. The fourth-order valence-electron chi connectivity index (χ4n) is 4.05. The molecular formula is C14H28Cl2N2O2S. The molecule has 0 aliphatic carbocycles. The average molecular weight is 359 g/mol. The highest BCUT2D eigenvalue weighted by Crippen LogP contribution is 2.38. The predicted octanol–water partition coefficient (Wildman–Crippen LogP) is 1.73. The molecule has 0 bridgehead atoms. The van der Waals surface area contributed by atoms with Gasteiger partial charge in [0.05, 0.1) is 11.5 Å². The summed E-state index contributed by atoms with van der Waals surface area (Å²) in [4.78, 5) is 2.58. The summed E-state index contributed by atoms with van der Waals surface area (Å²) in [5, 5.41) is 3.45. The number of halogens is 2. The van der Waals surface area contributed by atoms with Gasteiger partial charge in [0.2, 0.25) is 0 Å². The van der Waals surface area contributed by atoms with Crippen molar-refractivity contribution in [3.05, 3.63) is 0 Å². The first-order valence-electron chi connectivity index (χ1n) is 7.71. The summed E-state index contributed by atoms with van der Waals surface area (Å²) in [6.45, 7) is 5.92. The molecule has 3 rings (SSSR count). The average Bonchev–Trinajstić information content (AvgIpc) is 2.92. The molecule has 3 heterocycles. The van der Waals surface area contributed by atoms with Crippen LogP contribution in [0.3, 0.4) is 0 Å². The van der Waals surface area contributed by atoms with Crippen molar-refractivity contribution in [1.82, 2.24) is 10.2 Å². The fourth-order valence-corrected chi connectivity index (χ4v) is 5.96. The van der Waals surface area contributed by atoms with E-state index in [1.165, 1.54) is 45.4 Å². The lowest BCUT2D eigenvalue weighted by Gasteiger charge is -2.34. The Bertz CT molecular complexity index is 425. The van der Waals surface area contributed by atoms with Crippen molar-refractivity contribution in [2.45, 2.75) is 32.1 Å². The van der Waals surface area contributed by atoms with E-state index in [0.29, 0.717) is 22.8 Å². The van der Waals surface area contributed by atoms with Gasteiger partial charge >= 0.3 is 0 Å². The van der Waals surface area contributed by atoms with Gasteiger partial charge in [-0.05, 0) is 69.6 Å². The van der Waals surface area contributed by atoms with E-state index in [2.05, 4.69) is 10.2 Å². The normalized spacial score (nSPS) is 30.8. The molecule has 3 aliphatic heterocycles. The molecule has 1 atom stereocenters. The second-order valence-corrected chi connectivity index (χ2v) is 9.06. The first kappa shape index (κ1) is 19.5. The van der Waals surface area contributed by atoms with Crippen LogP contribution in [0.15, 0.2) is 0 Å². The van der Waals surface area contributed by atoms with Crippen LogP contribution in [0, 0.1) is 11.3 Å². The minimum Gasteiger partial charge on any atom is -0.317 e. The minimum absolute atomic E-state index is 0. The monoisotopic (exact) mass is 358 g/mol. The zero-order valence-electron chi connectivity index (χ0n) is 12.6.